The van der Waals surface area contributed by atoms with Gasteiger partial charge in [-0.1, -0.05) is 50.6 Å². The minimum atomic E-state index is -0.164. The first-order chi connectivity index (χ1) is 13.6. The predicted molar refractivity (Wildman–Crippen MR) is 118 cm³/mol. The zero-order valence-electron chi connectivity index (χ0n) is 17.4. The molecule has 1 N–H and O–H groups in total. The number of rotatable bonds is 5. The number of carbonyl (C=O) groups is 1. The van der Waals surface area contributed by atoms with Crippen LogP contribution in [0.15, 0.2) is 53.0 Å². The number of amides is 1. The summed E-state index contributed by atoms with van der Waals surface area (Å²) in [5, 5.41) is 7.47. The van der Waals surface area contributed by atoms with E-state index in [1.54, 1.807) is 11.7 Å². The maximum absolute atomic E-state index is 12.7. The van der Waals surface area contributed by atoms with Gasteiger partial charge in [-0.2, -0.15) is 5.10 Å². The smallest absolute Gasteiger partial charge is 0.270 e. The summed E-state index contributed by atoms with van der Waals surface area (Å²) in [6, 6.07) is 15.6. The lowest BCUT2D eigenvalue weighted by atomic mass is 9.92. The quantitative estimate of drug-likeness (QED) is 0.551. The van der Waals surface area contributed by atoms with Gasteiger partial charge in [-0.3, -0.25) is 9.48 Å². The van der Waals surface area contributed by atoms with Gasteiger partial charge in [0.1, 0.15) is 17.2 Å². The summed E-state index contributed by atoms with van der Waals surface area (Å²) in [5.41, 5.74) is 3.42. The average Bonchev–Trinajstić information content (AvgIpc) is 2.97. The van der Waals surface area contributed by atoms with E-state index in [0.717, 1.165) is 27.2 Å². The van der Waals surface area contributed by atoms with Gasteiger partial charge in [0.15, 0.2) is 0 Å². The number of hydrogen-bond donors (Lipinski definition) is 1. The van der Waals surface area contributed by atoms with Crippen LogP contribution in [-0.4, -0.2) is 15.7 Å². The van der Waals surface area contributed by atoms with Gasteiger partial charge in [0, 0.05) is 19.0 Å². The molecule has 1 heterocycles. The van der Waals surface area contributed by atoms with E-state index in [9.17, 15) is 4.79 Å². The van der Waals surface area contributed by atoms with Crippen molar-refractivity contribution < 1.29 is 9.53 Å². The maximum Gasteiger partial charge on any atom is 0.270 e. The monoisotopic (exact) mass is 455 g/mol. The second-order valence-electron chi connectivity index (χ2n) is 8.13. The van der Waals surface area contributed by atoms with Crippen molar-refractivity contribution in [1.82, 2.24) is 15.1 Å². The molecule has 2 aromatic carbocycles. The standard InChI is InChI=1S/C23H26BrN3O2/c1-15-6-10-17(11-7-15)29-18-12-8-16(9-13-18)14-25-22(28)20-19(24)21(23(2,3)4)26-27(20)5/h6-13H,14H2,1-5H3,(H,25,28). The van der Waals surface area contributed by atoms with Crippen LogP contribution in [0.1, 0.15) is 48.1 Å². The minimum absolute atomic E-state index is 0.150. The average molecular weight is 456 g/mol. The molecule has 0 bridgehead atoms. The van der Waals surface area contributed by atoms with Crippen LogP contribution < -0.4 is 10.1 Å². The molecule has 0 fully saturated rings. The summed E-state index contributed by atoms with van der Waals surface area (Å²) < 4.78 is 8.21. The van der Waals surface area contributed by atoms with Gasteiger partial charge in [0.2, 0.25) is 0 Å². The first-order valence-electron chi connectivity index (χ1n) is 9.50. The third-order valence-corrected chi connectivity index (χ3v) is 5.30. The molecule has 0 radical (unpaired) electrons. The second-order valence-corrected chi connectivity index (χ2v) is 8.92. The molecule has 152 valence electrons. The Morgan fingerprint density at radius 3 is 2.14 bits per heavy atom. The van der Waals surface area contributed by atoms with Gasteiger partial charge in [-0.05, 0) is 52.7 Å². The normalized spacial score (nSPS) is 11.4. The molecular formula is C23H26BrN3O2. The summed E-state index contributed by atoms with van der Waals surface area (Å²) in [6.07, 6.45) is 0. The Hall–Kier alpha value is -2.60. The lowest BCUT2D eigenvalue weighted by Gasteiger charge is -2.15. The molecule has 0 atom stereocenters. The zero-order valence-corrected chi connectivity index (χ0v) is 19.0. The molecule has 0 saturated carbocycles. The van der Waals surface area contributed by atoms with E-state index in [1.807, 2.05) is 55.5 Å². The van der Waals surface area contributed by atoms with Crippen LogP contribution in [0.25, 0.3) is 0 Å². The van der Waals surface area contributed by atoms with Crippen LogP contribution in [0.2, 0.25) is 0 Å². The molecule has 3 aromatic rings. The molecule has 0 unspecified atom stereocenters. The molecule has 0 aliphatic rings. The van der Waals surface area contributed by atoms with Gasteiger partial charge in [0.25, 0.3) is 5.91 Å². The lowest BCUT2D eigenvalue weighted by molar-refractivity contribution is 0.0940. The fourth-order valence-electron chi connectivity index (χ4n) is 2.91. The highest BCUT2D eigenvalue weighted by molar-refractivity contribution is 9.10. The number of aromatic nitrogens is 2. The van der Waals surface area contributed by atoms with Crippen molar-refractivity contribution in [1.29, 1.82) is 0 Å². The zero-order chi connectivity index (χ0) is 21.2. The summed E-state index contributed by atoms with van der Waals surface area (Å²) in [7, 11) is 1.78. The Labute approximate surface area is 180 Å². The van der Waals surface area contributed by atoms with Crippen molar-refractivity contribution in [3.8, 4) is 11.5 Å². The van der Waals surface area contributed by atoms with Crippen molar-refractivity contribution in [2.24, 2.45) is 7.05 Å². The van der Waals surface area contributed by atoms with Crippen LogP contribution in [0, 0.1) is 6.92 Å². The van der Waals surface area contributed by atoms with Crippen LogP contribution in [0.5, 0.6) is 11.5 Å². The number of hydrogen-bond acceptors (Lipinski definition) is 3. The van der Waals surface area contributed by atoms with E-state index in [-0.39, 0.29) is 11.3 Å². The molecule has 1 aromatic heterocycles. The van der Waals surface area contributed by atoms with E-state index in [0.29, 0.717) is 12.2 Å². The van der Waals surface area contributed by atoms with Crippen LogP contribution in [-0.2, 0) is 19.0 Å². The highest BCUT2D eigenvalue weighted by Crippen LogP contribution is 2.31. The SMILES string of the molecule is Cc1ccc(Oc2ccc(CNC(=O)c3c(Br)c(C(C)(C)C)nn3C)cc2)cc1. The number of nitrogens with zero attached hydrogens (tertiary/aromatic N) is 2. The number of halogens is 1. The van der Waals surface area contributed by atoms with Crippen molar-refractivity contribution in [3.63, 3.8) is 0 Å². The van der Waals surface area contributed by atoms with Gasteiger partial charge in [0.05, 0.1) is 10.2 Å². The number of nitrogens with one attached hydrogen (secondary N) is 1. The molecule has 5 nitrogen and oxygen atoms in total. The molecule has 0 saturated heterocycles. The van der Waals surface area contributed by atoms with Gasteiger partial charge < -0.3 is 10.1 Å². The van der Waals surface area contributed by atoms with Gasteiger partial charge >= 0.3 is 0 Å². The van der Waals surface area contributed by atoms with E-state index in [1.165, 1.54) is 5.56 Å². The first kappa shape index (κ1) is 21.1. The number of aryl methyl sites for hydroxylation is 2. The van der Waals surface area contributed by atoms with E-state index >= 15 is 0 Å². The number of benzene rings is 2. The first-order valence-corrected chi connectivity index (χ1v) is 10.3. The topological polar surface area (TPSA) is 56.1 Å². The predicted octanol–water partition coefficient (Wildman–Crippen LogP) is 5.51. The summed E-state index contributed by atoms with van der Waals surface area (Å²) >= 11 is 3.55. The molecule has 29 heavy (non-hydrogen) atoms. The third kappa shape index (κ3) is 5.07. The van der Waals surface area contributed by atoms with Crippen molar-refractivity contribution >= 4 is 21.8 Å². The summed E-state index contributed by atoms with van der Waals surface area (Å²) in [5.74, 6) is 1.39. The van der Waals surface area contributed by atoms with Crippen LogP contribution in [0.3, 0.4) is 0 Å². The maximum atomic E-state index is 12.7. The molecule has 6 heteroatoms. The van der Waals surface area contributed by atoms with Crippen molar-refractivity contribution in [3.05, 3.63) is 75.5 Å². The Morgan fingerprint density at radius 2 is 1.62 bits per heavy atom. The molecule has 0 aliphatic carbocycles. The minimum Gasteiger partial charge on any atom is -0.457 e. The molecule has 0 spiro atoms. The number of carbonyl (C=O) groups excluding carboxylic acids is 1. The Balaban J connectivity index is 1.64. The van der Waals surface area contributed by atoms with Crippen LogP contribution >= 0.6 is 15.9 Å². The Morgan fingerprint density at radius 1 is 1.07 bits per heavy atom. The summed E-state index contributed by atoms with van der Waals surface area (Å²) in [4.78, 5) is 12.7. The van der Waals surface area contributed by atoms with E-state index < -0.39 is 0 Å². The molecular weight excluding hydrogens is 430 g/mol. The Kier molecular flexibility index (Phi) is 6.13. The van der Waals surface area contributed by atoms with Crippen LogP contribution in [0.4, 0.5) is 0 Å². The fraction of sp³-hybridized carbons (Fsp3) is 0.304. The Bertz CT molecular complexity index is 1000. The van der Waals surface area contributed by atoms with E-state index in [2.05, 4.69) is 47.1 Å². The number of ether oxygens (including phenoxy) is 1. The highest BCUT2D eigenvalue weighted by Gasteiger charge is 2.27. The third-order valence-electron chi connectivity index (χ3n) is 4.55. The van der Waals surface area contributed by atoms with Gasteiger partial charge in [-0.25, -0.2) is 0 Å². The fourth-order valence-corrected chi connectivity index (χ4v) is 4.02. The molecule has 1 amide bonds. The van der Waals surface area contributed by atoms with Crippen molar-refractivity contribution in [2.75, 3.05) is 0 Å². The van der Waals surface area contributed by atoms with Crippen molar-refractivity contribution in [2.45, 2.75) is 39.7 Å². The van der Waals surface area contributed by atoms with Gasteiger partial charge in [-0.15, -0.1) is 0 Å². The second kappa shape index (κ2) is 8.41. The highest BCUT2D eigenvalue weighted by atomic mass is 79.9. The molecule has 0 aliphatic heterocycles. The van der Waals surface area contributed by atoms with E-state index in [4.69, 9.17) is 4.74 Å². The summed E-state index contributed by atoms with van der Waals surface area (Å²) in [6.45, 7) is 8.68. The molecule has 3 rings (SSSR count). The largest absolute Gasteiger partial charge is 0.457 e. The lowest BCUT2D eigenvalue weighted by Crippen LogP contribution is -2.25.